The highest BCUT2D eigenvalue weighted by atomic mass is 16.3. The molecule has 0 saturated carbocycles. The average molecular weight is 193 g/mol. The Bertz CT molecular complexity index is 387. The zero-order chi connectivity index (χ0) is 10.6. The number of hydrogen-bond acceptors (Lipinski definition) is 2. The van der Waals surface area contributed by atoms with Crippen molar-refractivity contribution >= 4 is 12.2 Å². The van der Waals surface area contributed by atoms with Gasteiger partial charge in [0.05, 0.1) is 6.26 Å². The molecular formula is C12H19NO. The third-order valence-corrected chi connectivity index (χ3v) is 2.16. The van der Waals surface area contributed by atoms with Crippen molar-refractivity contribution < 1.29 is 4.42 Å². The molecule has 0 bridgehead atoms. The van der Waals surface area contributed by atoms with Gasteiger partial charge in [0.15, 0.2) is 0 Å². The number of furan rings is 1. The Morgan fingerprint density at radius 2 is 2.29 bits per heavy atom. The largest absolute Gasteiger partial charge is 0.464 e. The lowest BCUT2D eigenvalue weighted by Gasteiger charge is -2.00. The zero-order valence-corrected chi connectivity index (χ0v) is 9.21. The summed E-state index contributed by atoms with van der Waals surface area (Å²) < 4.78 is 5.49. The van der Waals surface area contributed by atoms with Gasteiger partial charge in [0.1, 0.15) is 5.42 Å². The van der Waals surface area contributed by atoms with Gasteiger partial charge in [0.2, 0.25) is 0 Å². The van der Waals surface area contributed by atoms with E-state index >= 15 is 0 Å². The summed E-state index contributed by atoms with van der Waals surface area (Å²) >= 11 is 0. The molecule has 1 heterocycles. The van der Waals surface area contributed by atoms with Crippen LogP contribution in [0.2, 0.25) is 0 Å². The van der Waals surface area contributed by atoms with Crippen molar-refractivity contribution in [3.05, 3.63) is 22.5 Å². The minimum absolute atomic E-state index is 0.181. The lowest BCUT2D eigenvalue weighted by molar-refractivity contribution is 0.526. The highest BCUT2D eigenvalue weighted by molar-refractivity contribution is 5.30. The molecule has 0 spiro atoms. The van der Waals surface area contributed by atoms with Gasteiger partial charge in [0.25, 0.3) is 0 Å². The van der Waals surface area contributed by atoms with E-state index in [1.54, 1.807) is 0 Å². The van der Waals surface area contributed by atoms with Crippen LogP contribution in [0.3, 0.4) is 0 Å². The van der Waals surface area contributed by atoms with E-state index in [1.807, 2.05) is 20.1 Å². The standard InChI is InChI=1S/C12H19NO/c1-4-6-12-11(5-2)10(8-14-12)7-9(3)13/h5-6,8-9H,4,7,13H2,1-3H3/b11-5-,12-6+. The minimum atomic E-state index is 0.181. The molecule has 1 unspecified atom stereocenters. The van der Waals surface area contributed by atoms with Crippen molar-refractivity contribution in [1.29, 1.82) is 0 Å². The van der Waals surface area contributed by atoms with Gasteiger partial charge in [-0.25, -0.2) is 0 Å². The molecule has 0 fully saturated rings. The summed E-state index contributed by atoms with van der Waals surface area (Å²) in [5.41, 5.74) is 7.95. The fourth-order valence-corrected chi connectivity index (χ4v) is 1.60. The Kier molecular flexibility index (Phi) is 3.96. The fraction of sp³-hybridized carbons (Fsp3) is 0.500. The van der Waals surface area contributed by atoms with Crippen LogP contribution in [-0.4, -0.2) is 6.04 Å². The first kappa shape index (κ1) is 11.1. The molecule has 14 heavy (non-hydrogen) atoms. The molecule has 0 amide bonds. The highest BCUT2D eigenvalue weighted by Gasteiger charge is 2.03. The van der Waals surface area contributed by atoms with Crippen molar-refractivity contribution in [2.24, 2.45) is 5.73 Å². The summed E-state index contributed by atoms with van der Waals surface area (Å²) in [6.07, 6.45) is 7.87. The van der Waals surface area contributed by atoms with E-state index < -0.39 is 0 Å². The summed E-state index contributed by atoms with van der Waals surface area (Å²) in [5, 5.41) is 1.20. The molecule has 78 valence electrons. The van der Waals surface area contributed by atoms with E-state index in [2.05, 4.69) is 19.1 Å². The molecule has 0 saturated heterocycles. The summed E-state index contributed by atoms with van der Waals surface area (Å²) in [4.78, 5) is 0. The summed E-state index contributed by atoms with van der Waals surface area (Å²) in [6, 6.07) is 0.181. The molecule has 1 aromatic heterocycles. The van der Waals surface area contributed by atoms with Crippen LogP contribution in [0.1, 0.15) is 32.8 Å². The van der Waals surface area contributed by atoms with E-state index in [0.717, 1.165) is 18.3 Å². The first-order valence-electron chi connectivity index (χ1n) is 5.17. The van der Waals surface area contributed by atoms with Crippen LogP contribution in [0, 0.1) is 0 Å². The van der Waals surface area contributed by atoms with Gasteiger partial charge in [-0.3, -0.25) is 0 Å². The van der Waals surface area contributed by atoms with Crippen LogP contribution in [-0.2, 0) is 6.42 Å². The molecule has 1 atom stereocenters. The first-order chi connectivity index (χ1) is 6.69. The van der Waals surface area contributed by atoms with Gasteiger partial charge >= 0.3 is 0 Å². The molecule has 2 nitrogen and oxygen atoms in total. The molecule has 2 N–H and O–H groups in total. The van der Waals surface area contributed by atoms with Gasteiger partial charge in [-0.1, -0.05) is 13.0 Å². The molecule has 1 rings (SSSR count). The smallest absolute Gasteiger partial charge is 0.129 e. The predicted molar refractivity (Wildman–Crippen MR) is 60.2 cm³/mol. The van der Waals surface area contributed by atoms with Crippen LogP contribution >= 0.6 is 0 Å². The topological polar surface area (TPSA) is 39.2 Å². The molecule has 0 radical (unpaired) electrons. The van der Waals surface area contributed by atoms with E-state index in [-0.39, 0.29) is 6.04 Å². The SMILES string of the molecule is C/C=c1/c(CC(C)N)co/c1=C/CC. The molecule has 0 aliphatic heterocycles. The maximum atomic E-state index is 5.77. The van der Waals surface area contributed by atoms with Gasteiger partial charge in [-0.2, -0.15) is 0 Å². The third-order valence-electron chi connectivity index (χ3n) is 2.16. The van der Waals surface area contributed by atoms with Crippen molar-refractivity contribution in [2.75, 3.05) is 0 Å². The number of rotatable bonds is 3. The molecule has 2 heteroatoms. The lowest BCUT2D eigenvalue weighted by atomic mass is 10.1. The van der Waals surface area contributed by atoms with E-state index in [1.165, 1.54) is 10.8 Å². The number of hydrogen-bond donors (Lipinski definition) is 1. The summed E-state index contributed by atoms with van der Waals surface area (Å²) in [7, 11) is 0. The van der Waals surface area contributed by atoms with Crippen LogP contribution < -0.4 is 16.4 Å². The summed E-state index contributed by atoms with van der Waals surface area (Å²) in [5.74, 6) is 0. The quantitative estimate of drug-likeness (QED) is 0.782. The second-order valence-corrected chi connectivity index (χ2v) is 3.62. The van der Waals surface area contributed by atoms with Crippen molar-refractivity contribution in [2.45, 2.75) is 39.7 Å². The normalized spacial score (nSPS) is 16.3. The second-order valence-electron chi connectivity index (χ2n) is 3.62. The Hall–Kier alpha value is -1.02. The Morgan fingerprint density at radius 1 is 1.57 bits per heavy atom. The van der Waals surface area contributed by atoms with Crippen LogP contribution in [0.5, 0.6) is 0 Å². The Morgan fingerprint density at radius 3 is 2.79 bits per heavy atom. The lowest BCUT2D eigenvalue weighted by Crippen LogP contribution is -2.27. The average Bonchev–Trinajstić information content (AvgIpc) is 2.47. The number of nitrogens with two attached hydrogens (primary N) is 1. The van der Waals surface area contributed by atoms with Gasteiger partial charge in [0, 0.05) is 11.3 Å². The molecule has 0 aromatic carbocycles. The van der Waals surface area contributed by atoms with Crippen molar-refractivity contribution in [3.63, 3.8) is 0 Å². The Balaban J connectivity index is 3.16. The third kappa shape index (κ3) is 2.48. The maximum Gasteiger partial charge on any atom is 0.129 e. The molecule has 1 aromatic rings. The molecular weight excluding hydrogens is 174 g/mol. The van der Waals surface area contributed by atoms with Gasteiger partial charge in [-0.05, 0) is 38.3 Å². The van der Waals surface area contributed by atoms with Crippen molar-refractivity contribution in [3.8, 4) is 0 Å². The van der Waals surface area contributed by atoms with E-state index in [0.29, 0.717) is 0 Å². The molecule has 0 aliphatic rings. The zero-order valence-electron chi connectivity index (χ0n) is 9.21. The van der Waals surface area contributed by atoms with Gasteiger partial charge in [-0.15, -0.1) is 0 Å². The van der Waals surface area contributed by atoms with Gasteiger partial charge < -0.3 is 10.2 Å². The Labute approximate surface area is 85.1 Å². The minimum Gasteiger partial charge on any atom is -0.464 e. The predicted octanol–water partition coefficient (Wildman–Crippen LogP) is 1.16. The van der Waals surface area contributed by atoms with Crippen LogP contribution in [0.25, 0.3) is 12.2 Å². The fourth-order valence-electron chi connectivity index (χ4n) is 1.60. The summed E-state index contributed by atoms with van der Waals surface area (Å²) in [6.45, 7) is 6.14. The van der Waals surface area contributed by atoms with Crippen molar-refractivity contribution in [1.82, 2.24) is 0 Å². The molecule has 0 aliphatic carbocycles. The monoisotopic (exact) mass is 193 g/mol. The highest BCUT2D eigenvalue weighted by Crippen LogP contribution is 1.94. The van der Waals surface area contributed by atoms with Crippen LogP contribution in [0.15, 0.2) is 10.7 Å². The maximum absolute atomic E-state index is 5.77. The van der Waals surface area contributed by atoms with Crippen LogP contribution in [0.4, 0.5) is 0 Å². The second kappa shape index (κ2) is 5.01. The van der Waals surface area contributed by atoms with E-state index in [9.17, 15) is 0 Å². The van der Waals surface area contributed by atoms with E-state index in [4.69, 9.17) is 10.2 Å². The first-order valence-corrected chi connectivity index (χ1v) is 5.17.